The van der Waals surface area contributed by atoms with Crippen LogP contribution < -0.4 is 5.32 Å². The standard InChI is InChI=1S/C13H15Cl2NO2/c14-11-2-1-9(12(15)7-11)3-5-16-13(17)10-4-6-18-8-10/h1-2,7,10H,3-6,8H2,(H,16,17). The van der Waals surface area contributed by atoms with Gasteiger partial charge in [-0.15, -0.1) is 0 Å². The Kier molecular flexibility index (Phi) is 4.87. The lowest BCUT2D eigenvalue weighted by molar-refractivity contribution is -0.124. The summed E-state index contributed by atoms with van der Waals surface area (Å²) in [6.07, 6.45) is 1.52. The van der Waals surface area contributed by atoms with E-state index in [0.29, 0.717) is 36.2 Å². The Bertz CT molecular complexity index is 431. The zero-order valence-electron chi connectivity index (χ0n) is 9.92. The summed E-state index contributed by atoms with van der Waals surface area (Å²) in [5.41, 5.74) is 0.990. The molecule has 2 rings (SSSR count). The predicted molar refractivity (Wildman–Crippen MR) is 72.1 cm³/mol. The van der Waals surface area contributed by atoms with Crippen molar-refractivity contribution in [3.05, 3.63) is 33.8 Å². The molecule has 1 aromatic carbocycles. The molecule has 3 nitrogen and oxygen atoms in total. The van der Waals surface area contributed by atoms with Crippen molar-refractivity contribution in [1.82, 2.24) is 5.32 Å². The van der Waals surface area contributed by atoms with Crippen LogP contribution in [0.2, 0.25) is 10.0 Å². The number of benzene rings is 1. The summed E-state index contributed by atoms with van der Waals surface area (Å²) in [7, 11) is 0. The van der Waals surface area contributed by atoms with E-state index in [0.717, 1.165) is 12.0 Å². The van der Waals surface area contributed by atoms with E-state index < -0.39 is 0 Å². The Morgan fingerprint density at radius 2 is 2.28 bits per heavy atom. The summed E-state index contributed by atoms with van der Waals surface area (Å²) in [6.45, 7) is 1.80. The summed E-state index contributed by atoms with van der Waals surface area (Å²) >= 11 is 11.9. The molecular formula is C13H15Cl2NO2. The van der Waals surface area contributed by atoms with Gasteiger partial charge in [-0.05, 0) is 30.5 Å². The number of carbonyl (C=O) groups excluding carboxylic acids is 1. The van der Waals surface area contributed by atoms with E-state index in [-0.39, 0.29) is 11.8 Å². The minimum atomic E-state index is 0.00527. The monoisotopic (exact) mass is 287 g/mol. The van der Waals surface area contributed by atoms with Gasteiger partial charge in [0.2, 0.25) is 5.91 Å². The molecule has 98 valence electrons. The van der Waals surface area contributed by atoms with Gasteiger partial charge in [-0.25, -0.2) is 0 Å². The SMILES string of the molecule is O=C(NCCc1ccc(Cl)cc1Cl)C1CCOC1. The maximum absolute atomic E-state index is 11.7. The maximum atomic E-state index is 11.7. The molecule has 0 spiro atoms. The average molecular weight is 288 g/mol. The average Bonchev–Trinajstić information content (AvgIpc) is 2.85. The fourth-order valence-electron chi connectivity index (χ4n) is 1.93. The van der Waals surface area contributed by atoms with E-state index in [4.69, 9.17) is 27.9 Å². The first-order valence-electron chi connectivity index (χ1n) is 5.96. The highest BCUT2D eigenvalue weighted by molar-refractivity contribution is 6.35. The highest BCUT2D eigenvalue weighted by atomic mass is 35.5. The normalized spacial score (nSPS) is 18.9. The zero-order chi connectivity index (χ0) is 13.0. The van der Waals surface area contributed by atoms with Crippen LogP contribution in [0.3, 0.4) is 0 Å². The molecule has 1 heterocycles. The van der Waals surface area contributed by atoms with Crippen LogP contribution in [0.1, 0.15) is 12.0 Å². The van der Waals surface area contributed by atoms with Crippen molar-refractivity contribution in [2.24, 2.45) is 5.92 Å². The van der Waals surface area contributed by atoms with Gasteiger partial charge in [0, 0.05) is 23.2 Å². The van der Waals surface area contributed by atoms with Gasteiger partial charge in [-0.1, -0.05) is 29.3 Å². The molecule has 5 heteroatoms. The topological polar surface area (TPSA) is 38.3 Å². The van der Waals surface area contributed by atoms with Crippen LogP contribution in [0, 0.1) is 5.92 Å². The molecule has 1 saturated heterocycles. The minimum absolute atomic E-state index is 0.00527. The quantitative estimate of drug-likeness (QED) is 0.925. The molecular weight excluding hydrogens is 273 g/mol. The highest BCUT2D eigenvalue weighted by Crippen LogP contribution is 2.21. The third-order valence-corrected chi connectivity index (χ3v) is 3.60. The van der Waals surface area contributed by atoms with Gasteiger partial charge in [-0.2, -0.15) is 0 Å². The van der Waals surface area contributed by atoms with Crippen LogP contribution in [0.5, 0.6) is 0 Å². The second-order valence-electron chi connectivity index (χ2n) is 4.34. The number of rotatable bonds is 4. The molecule has 0 aliphatic carbocycles. The lowest BCUT2D eigenvalue weighted by Gasteiger charge is -2.10. The van der Waals surface area contributed by atoms with Gasteiger partial charge in [0.15, 0.2) is 0 Å². The van der Waals surface area contributed by atoms with Gasteiger partial charge in [0.1, 0.15) is 0 Å². The van der Waals surface area contributed by atoms with E-state index >= 15 is 0 Å². The van der Waals surface area contributed by atoms with Crippen LogP contribution >= 0.6 is 23.2 Å². The summed E-state index contributed by atoms with van der Waals surface area (Å²) in [4.78, 5) is 11.7. The number of hydrogen-bond donors (Lipinski definition) is 1. The van der Waals surface area contributed by atoms with Crippen molar-refractivity contribution in [3.63, 3.8) is 0 Å². The third-order valence-electron chi connectivity index (χ3n) is 3.01. The third kappa shape index (κ3) is 3.61. The molecule has 0 saturated carbocycles. The van der Waals surface area contributed by atoms with E-state index in [1.165, 1.54) is 0 Å². The molecule has 1 atom stereocenters. The Morgan fingerprint density at radius 1 is 1.44 bits per heavy atom. The molecule has 0 radical (unpaired) electrons. The number of hydrogen-bond acceptors (Lipinski definition) is 2. The van der Waals surface area contributed by atoms with E-state index in [1.807, 2.05) is 6.07 Å². The molecule has 1 fully saturated rings. The van der Waals surface area contributed by atoms with Crippen molar-refractivity contribution < 1.29 is 9.53 Å². The molecule has 0 aromatic heterocycles. The van der Waals surface area contributed by atoms with Gasteiger partial charge < -0.3 is 10.1 Å². The second-order valence-corrected chi connectivity index (χ2v) is 5.18. The predicted octanol–water partition coefficient (Wildman–Crippen LogP) is 2.69. The highest BCUT2D eigenvalue weighted by Gasteiger charge is 2.22. The zero-order valence-corrected chi connectivity index (χ0v) is 11.4. The summed E-state index contributed by atoms with van der Waals surface area (Å²) in [6, 6.07) is 5.40. The number of nitrogens with one attached hydrogen (secondary N) is 1. The van der Waals surface area contributed by atoms with Crippen molar-refractivity contribution in [2.75, 3.05) is 19.8 Å². The molecule has 0 bridgehead atoms. The van der Waals surface area contributed by atoms with Crippen LogP contribution in [0.15, 0.2) is 18.2 Å². The van der Waals surface area contributed by atoms with Gasteiger partial charge in [0.25, 0.3) is 0 Å². The Labute approximate surface area is 116 Å². The van der Waals surface area contributed by atoms with Crippen LogP contribution in [-0.2, 0) is 16.0 Å². The van der Waals surface area contributed by atoms with Gasteiger partial charge in [-0.3, -0.25) is 4.79 Å². The van der Waals surface area contributed by atoms with E-state index in [1.54, 1.807) is 12.1 Å². The summed E-state index contributed by atoms with van der Waals surface area (Å²) in [5.74, 6) is 0.0725. The number of ether oxygens (including phenoxy) is 1. The first-order valence-corrected chi connectivity index (χ1v) is 6.72. The molecule has 18 heavy (non-hydrogen) atoms. The largest absolute Gasteiger partial charge is 0.381 e. The fourth-order valence-corrected chi connectivity index (χ4v) is 2.43. The number of carbonyl (C=O) groups is 1. The Balaban J connectivity index is 1.79. The summed E-state index contributed by atoms with van der Waals surface area (Å²) < 4.78 is 5.18. The fraction of sp³-hybridized carbons (Fsp3) is 0.462. The van der Waals surface area contributed by atoms with Crippen molar-refractivity contribution in [2.45, 2.75) is 12.8 Å². The molecule has 1 aromatic rings. The molecule has 1 aliphatic heterocycles. The molecule has 1 unspecified atom stereocenters. The maximum Gasteiger partial charge on any atom is 0.225 e. The van der Waals surface area contributed by atoms with E-state index in [2.05, 4.69) is 5.32 Å². The molecule has 1 aliphatic rings. The smallest absolute Gasteiger partial charge is 0.225 e. The first-order chi connectivity index (χ1) is 8.66. The van der Waals surface area contributed by atoms with Crippen LogP contribution in [0.4, 0.5) is 0 Å². The lowest BCUT2D eigenvalue weighted by atomic mass is 10.1. The minimum Gasteiger partial charge on any atom is -0.381 e. The number of amides is 1. The first kappa shape index (κ1) is 13.7. The van der Waals surface area contributed by atoms with Crippen LogP contribution in [-0.4, -0.2) is 25.7 Å². The van der Waals surface area contributed by atoms with E-state index in [9.17, 15) is 4.79 Å². The van der Waals surface area contributed by atoms with Gasteiger partial charge >= 0.3 is 0 Å². The van der Waals surface area contributed by atoms with Crippen LogP contribution in [0.25, 0.3) is 0 Å². The second kappa shape index (κ2) is 6.41. The summed E-state index contributed by atoms with van der Waals surface area (Å²) in [5, 5.41) is 4.17. The molecule has 1 N–H and O–H groups in total. The molecule has 1 amide bonds. The van der Waals surface area contributed by atoms with Gasteiger partial charge in [0.05, 0.1) is 12.5 Å². The Hall–Kier alpha value is -0.770. The van der Waals surface area contributed by atoms with Crippen molar-refractivity contribution in [3.8, 4) is 0 Å². The Morgan fingerprint density at radius 3 is 2.94 bits per heavy atom. The van der Waals surface area contributed by atoms with Crippen molar-refractivity contribution >= 4 is 29.1 Å². The number of halogens is 2. The van der Waals surface area contributed by atoms with Crippen molar-refractivity contribution in [1.29, 1.82) is 0 Å². The lowest BCUT2D eigenvalue weighted by Crippen LogP contribution is -2.32.